The van der Waals surface area contributed by atoms with Crippen molar-refractivity contribution in [2.75, 3.05) is 20.8 Å². The third kappa shape index (κ3) is 3.03. The molecule has 0 aliphatic carbocycles. The van der Waals surface area contributed by atoms with Crippen molar-refractivity contribution < 1.29 is 14.6 Å². The van der Waals surface area contributed by atoms with E-state index in [4.69, 9.17) is 4.74 Å². The summed E-state index contributed by atoms with van der Waals surface area (Å²) in [6, 6.07) is 5.23. The molecular weight excluding hydrogens is 298 g/mol. The maximum Gasteiger partial charge on any atom is 0.257 e. The first-order chi connectivity index (χ1) is 8.33. The number of rotatable bonds is 4. The Labute approximate surface area is 116 Å². The number of methoxy groups -OCH3 is 1. The summed E-state index contributed by atoms with van der Waals surface area (Å²) in [6.45, 7) is 3.50. The Morgan fingerprint density at radius 2 is 2.11 bits per heavy atom. The highest BCUT2D eigenvalue weighted by Crippen LogP contribution is 2.26. The summed E-state index contributed by atoms with van der Waals surface area (Å²) in [4.78, 5) is 13.9. The first kappa shape index (κ1) is 15.0. The number of carbonyl (C=O) groups is 1. The van der Waals surface area contributed by atoms with E-state index in [9.17, 15) is 9.90 Å². The Balaban J connectivity index is 3.11. The van der Waals surface area contributed by atoms with Crippen molar-refractivity contribution in [1.82, 2.24) is 4.90 Å². The van der Waals surface area contributed by atoms with E-state index in [0.29, 0.717) is 11.3 Å². The summed E-state index contributed by atoms with van der Waals surface area (Å²) in [7, 11) is 3.19. The second-order valence-corrected chi connectivity index (χ2v) is 5.59. The van der Waals surface area contributed by atoms with E-state index in [2.05, 4.69) is 15.9 Å². The molecule has 0 aromatic heterocycles. The number of ether oxygens (including phenoxy) is 1. The number of aliphatic hydroxyl groups is 1. The number of amides is 1. The van der Waals surface area contributed by atoms with Crippen LogP contribution in [0, 0.1) is 0 Å². The first-order valence-electron chi connectivity index (χ1n) is 5.56. The maximum atomic E-state index is 12.4. The molecule has 0 atom stereocenters. The van der Waals surface area contributed by atoms with E-state index in [0.717, 1.165) is 4.47 Å². The average molecular weight is 316 g/mol. The molecule has 18 heavy (non-hydrogen) atoms. The summed E-state index contributed by atoms with van der Waals surface area (Å²) in [5.74, 6) is 0.327. The molecule has 0 aliphatic heterocycles. The third-order valence-electron chi connectivity index (χ3n) is 2.99. The highest BCUT2D eigenvalue weighted by molar-refractivity contribution is 9.10. The molecule has 0 radical (unpaired) electrons. The van der Waals surface area contributed by atoms with Gasteiger partial charge < -0.3 is 14.7 Å². The van der Waals surface area contributed by atoms with Crippen LogP contribution in [0.15, 0.2) is 22.7 Å². The predicted molar refractivity (Wildman–Crippen MR) is 74.0 cm³/mol. The Morgan fingerprint density at radius 3 is 2.61 bits per heavy atom. The topological polar surface area (TPSA) is 49.8 Å². The van der Waals surface area contributed by atoms with E-state index in [1.807, 2.05) is 0 Å². The van der Waals surface area contributed by atoms with Crippen LogP contribution in [-0.2, 0) is 0 Å². The fourth-order valence-corrected chi connectivity index (χ4v) is 1.74. The van der Waals surface area contributed by atoms with Gasteiger partial charge >= 0.3 is 0 Å². The summed E-state index contributed by atoms with van der Waals surface area (Å²) < 4.78 is 6.05. The summed E-state index contributed by atoms with van der Waals surface area (Å²) >= 11 is 3.33. The van der Waals surface area contributed by atoms with Crippen molar-refractivity contribution in [2.45, 2.75) is 19.4 Å². The van der Waals surface area contributed by atoms with Crippen molar-refractivity contribution >= 4 is 21.8 Å². The van der Waals surface area contributed by atoms with Crippen LogP contribution in [0.5, 0.6) is 5.75 Å². The number of carbonyl (C=O) groups excluding carboxylic acids is 1. The molecule has 100 valence electrons. The van der Waals surface area contributed by atoms with Crippen molar-refractivity contribution in [1.29, 1.82) is 0 Å². The van der Waals surface area contributed by atoms with Gasteiger partial charge in [0, 0.05) is 11.5 Å². The van der Waals surface area contributed by atoms with Crippen LogP contribution >= 0.6 is 15.9 Å². The quantitative estimate of drug-likeness (QED) is 0.927. The maximum absolute atomic E-state index is 12.4. The molecule has 1 rings (SSSR count). The van der Waals surface area contributed by atoms with Crippen LogP contribution in [0.1, 0.15) is 24.2 Å². The Kier molecular flexibility index (Phi) is 4.76. The van der Waals surface area contributed by atoms with E-state index in [1.54, 1.807) is 39.1 Å². The lowest BCUT2D eigenvalue weighted by atomic mass is 10.0. The standard InChI is InChI=1S/C13H18BrNO3/c1-13(2,8-16)15(3)12(17)10-6-5-9(14)7-11(10)18-4/h5-7,16H,8H2,1-4H3. The van der Waals surface area contributed by atoms with Crippen LogP contribution < -0.4 is 4.74 Å². The zero-order chi connectivity index (χ0) is 13.9. The molecule has 1 aromatic rings. The zero-order valence-electron chi connectivity index (χ0n) is 11.0. The number of likely N-dealkylation sites (N-methyl/N-ethyl adjacent to an activating group) is 1. The lowest BCUT2D eigenvalue weighted by molar-refractivity contribution is 0.0470. The van der Waals surface area contributed by atoms with Crippen LogP contribution in [-0.4, -0.2) is 42.2 Å². The highest BCUT2D eigenvalue weighted by Gasteiger charge is 2.29. The van der Waals surface area contributed by atoms with Gasteiger partial charge in [-0.25, -0.2) is 0 Å². The predicted octanol–water partition coefficient (Wildman–Crippen LogP) is 2.30. The van der Waals surface area contributed by atoms with E-state index in [1.165, 1.54) is 12.0 Å². The lowest BCUT2D eigenvalue weighted by Gasteiger charge is -2.34. The minimum Gasteiger partial charge on any atom is -0.496 e. The molecule has 0 spiro atoms. The first-order valence-corrected chi connectivity index (χ1v) is 6.35. The number of aliphatic hydroxyl groups excluding tert-OH is 1. The van der Waals surface area contributed by atoms with Gasteiger partial charge in [0.05, 0.1) is 24.8 Å². The van der Waals surface area contributed by atoms with E-state index >= 15 is 0 Å². The number of benzene rings is 1. The molecule has 0 bridgehead atoms. The fourth-order valence-electron chi connectivity index (χ4n) is 1.40. The second-order valence-electron chi connectivity index (χ2n) is 4.68. The minimum absolute atomic E-state index is 0.103. The molecule has 0 saturated heterocycles. The van der Waals surface area contributed by atoms with Gasteiger partial charge in [-0.15, -0.1) is 0 Å². The van der Waals surface area contributed by atoms with Crippen LogP contribution in [0.25, 0.3) is 0 Å². The van der Waals surface area contributed by atoms with Crippen molar-refractivity contribution in [3.05, 3.63) is 28.2 Å². The summed E-state index contributed by atoms with van der Waals surface area (Å²) in [5, 5.41) is 9.30. The fraction of sp³-hybridized carbons (Fsp3) is 0.462. The highest BCUT2D eigenvalue weighted by atomic mass is 79.9. The van der Waals surface area contributed by atoms with Gasteiger partial charge in [-0.3, -0.25) is 4.79 Å². The summed E-state index contributed by atoms with van der Waals surface area (Å²) in [6.07, 6.45) is 0. The third-order valence-corrected chi connectivity index (χ3v) is 3.49. The molecule has 1 aromatic carbocycles. The molecule has 0 saturated carbocycles. The van der Waals surface area contributed by atoms with Crippen LogP contribution in [0.2, 0.25) is 0 Å². The molecule has 0 heterocycles. The van der Waals surface area contributed by atoms with Crippen LogP contribution in [0.4, 0.5) is 0 Å². The molecule has 4 nitrogen and oxygen atoms in total. The Morgan fingerprint density at radius 1 is 1.50 bits per heavy atom. The minimum atomic E-state index is -0.616. The van der Waals surface area contributed by atoms with Gasteiger partial charge in [0.2, 0.25) is 0 Å². The van der Waals surface area contributed by atoms with Crippen LogP contribution in [0.3, 0.4) is 0 Å². The zero-order valence-corrected chi connectivity index (χ0v) is 12.6. The van der Waals surface area contributed by atoms with Gasteiger partial charge in [0.15, 0.2) is 0 Å². The normalized spacial score (nSPS) is 11.2. The number of nitrogens with zero attached hydrogens (tertiary/aromatic N) is 1. The van der Waals surface area contributed by atoms with E-state index < -0.39 is 5.54 Å². The monoisotopic (exact) mass is 315 g/mol. The average Bonchev–Trinajstić information content (AvgIpc) is 2.36. The van der Waals surface area contributed by atoms with E-state index in [-0.39, 0.29) is 12.5 Å². The van der Waals surface area contributed by atoms with Gasteiger partial charge in [0.1, 0.15) is 5.75 Å². The second kappa shape index (κ2) is 5.71. The van der Waals surface area contributed by atoms with Gasteiger partial charge in [-0.2, -0.15) is 0 Å². The van der Waals surface area contributed by atoms with Gasteiger partial charge in [-0.05, 0) is 32.0 Å². The van der Waals surface area contributed by atoms with Crippen molar-refractivity contribution in [3.8, 4) is 5.75 Å². The lowest BCUT2D eigenvalue weighted by Crippen LogP contribution is -2.47. The van der Waals surface area contributed by atoms with Crippen molar-refractivity contribution in [3.63, 3.8) is 0 Å². The number of hydrogen-bond acceptors (Lipinski definition) is 3. The molecule has 1 N–H and O–H groups in total. The van der Waals surface area contributed by atoms with Crippen molar-refractivity contribution in [2.24, 2.45) is 0 Å². The summed E-state index contributed by atoms with van der Waals surface area (Å²) in [5.41, 5.74) is -0.139. The molecular formula is C13H18BrNO3. The number of halogens is 1. The smallest absolute Gasteiger partial charge is 0.257 e. The SMILES string of the molecule is COc1cc(Br)ccc1C(=O)N(C)C(C)(C)CO. The molecule has 0 aliphatic rings. The molecule has 0 fully saturated rings. The largest absolute Gasteiger partial charge is 0.496 e. The Hall–Kier alpha value is -1.07. The molecule has 0 unspecified atom stereocenters. The Bertz CT molecular complexity index is 446. The number of hydrogen-bond donors (Lipinski definition) is 1. The van der Waals surface area contributed by atoms with Gasteiger partial charge in [0.25, 0.3) is 5.91 Å². The molecule has 1 amide bonds. The molecule has 5 heteroatoms. The van der Waals surface area contributed by atoms with Gasteiger partial charge in [-0.1, -0.05) is 15.9 Å².